The quantitative estimate of drug-likeness (QED) is 0.732. The Morgan fingerprint density at radius 2 is 2.07 bits per heavy atom. The smallest absolute Gasteiger partial charge is 0.211 e. The normalized spacial score (nSPS) is 24.1. The number of nitriles is 1. The Hall–Kier alpha value is -2.11. The first-order chi connectivity index (χ1) is 12.9. The van der Waals surface area contributed by atoms with E-state index in [0.717, 1.165) is 49.4 Å². The van der Waals surface area contributed by atoms with Gasteiger partial charge in [-0.25, -0.2) is 8.42 Å². The Morgan fingerprint density at radius 3 is 2.70 bits per heavy atom. The minimum Gasteiger partial charge on any atom is -0.488 e. The third kappa shape index (κ3) is 3.80. The van der Waals surface area contributed by atoms with Crippen LogP contribution in [0.3, 0.4) is 0 Å². The predicted molar refractivity (Wildman–Crippen MR) is 101 cm³/mol. The minimum atomic E-state index is -3.14. The summed E-state index contributed by atoms with van der Waals surface area (Å²) in [5.41, 5.74) is 3.20. The lowest BCUT2D eigenvalue weighted by atomic mass is 9.89. The van der Waals surface area contributed by atoms with Crippen molar-refractivity contribution in [3.8, 4) is 11.9 Å². The molecule has 0 N–H and O–H groups in total. The number of ether oxygens (including phenoxy) is 1. The van der Waals surface area contributed by atoms with Crippen LogP contribution in [-0.4, -0.2) is 61.1 Å². The number of likely N-dealkylation sites (tertiary alicyclic amines) is 1. The molecular formula is C19H24N4O3S. The largest absolute Gasteiger partial charge is 0.488 e. The van der Waals surface area contributed by atoms with Crippen LogP contribution >= 0.6 is 0 Å². The number of pyridine rings is 1. The lowest BCUT2D eigenvalue weighted by Gasteiger charge is -2.31. The standard InChI is InChI=1S/C19H24N4O3S/c1-27(24,25)23-8-4-14(5-9-23)17-10-16-11-18(26-19(16)12-21-17)15-2-6-22(13-20)7-3-15/h4,10,12,15,18H,2-3,5-9,11H2,1H3/t18-/m1/s1. The molecule has 0 saturated carbocycles. The number of rotatable bonds is 3. The number of piperidine rings is 1. The molecule has 0 aromatic carbocycles. The maximum atomic E-state index is 11.7. The van der Waals surface area contributed by atoms with E-state index in [4.69, 9.17) is 10.00 Å². The SMILES string of the molecule is CS(=O)(=O)N1CC=C(c2cc3c(cn2)O[C@@H](C2CCN(C#N)CC2)C3)CC1. The summed E-state index contributed by atoms with van der Waals surface area (Å²) >= 11 is 0. The van der Waals surface area contributed by atoms with Gasteiger partial charge < -0.3 is 9.64 Å². The van der Waals surface area contributed by atoms with Crippen LogP contribution in [0.15, 0.2) is 18.3 Å². The monoisotopic (exact) mass is 388 g/mol. The molecule has 3 aliphatic heterocycles. The molecule has 0 radical (unpaired) electrons. The molecule has 8 heteroatoms. The van der Waals surface area contributed by atoms with E-state index >= 15 is 0 Å². The summed E-state index contributed by atoms with van der Waals surface area (Å²) in [5, 5.41) is 8.99. The molecule has 1 fully saturated rings. The zero-order valence-corrected chi connectivity index (χ0v) is 16.3. The fraction of sp³-hybridized carbons (Fsp3) is 0.579. The van der Waals surface area contributed by atoms with E-state index in [2.05, 4.69) is 17.2 Å². The zero-order valence-electron chi connectivity index (χ0n) is 15.5. The van der Waals surface area contributed by atoms with Crippen molar-refractivity contribution in [2.75, 3.05) is 32.4 Å². The summed E-state index contributed by atoms with van der Waals surface area (Å²) in [5.74, 6) is 1.34. The lowest BCUT2D eigenvalue weighted by Crippen LogP contribution is -2.36. The first-order valence-electron chi connectivity index (χ1n) is 9.39. The molecule has 1 atom stereocenters. The van der Waals surface area contributed by atoms with Gasteiger partial charge in [0.05, 0.1) is 18.1 Å². The van der Waals surface area contributed by atoms with Gasteiger partial charge in [0.15, 0.2) is 6.19 Å². The van der Waals surface area contributed by atoms with E-state index in [1.165, 1.54) is 16.1 Å². The number of sulfonamides is 1. The van der Waals surface area contributed by atoms with E-state index in [-0.39, 0.29) is 6.10 Å². The van der Waals surface area contributed by atoms with Crippen LogP contribution in [0.2, 0.25) is 0 Å². The molecule has 0 spiro atoms. The molecule has 0 aliphatic carbocycles. The zero-order chi connectivity index (χ0) is 19.0. The fourth-order valence-electron chi connectivity index (χ4n) is 4.17. The van der Waals surface area contributed by atoms with Crippen molar-refractivity contribution in [3.05, 3.63) is 29.6 Å². The van der Waals surface area contributed by atoms with Crippen molar-refractivity contribution in [1.82, 2.24) is 14.2 Å². The molecule has 4 heterocycles. The van der Waals surface area contributed by atoms with Crippen molar-refractivity contribution in [3.63, 3.8) is 0 Å². The number of aromatic nitrogens is 1. The Balaban J connectivity index is 1.43. The van der Waals surface area contributed by atoms with Gasteiger partial charge in [-0.15, -0.1) is 0 Å². The molecule has 3 aliphatic rings. The summed E-state index contributed by atoms with van der Waals surface area (Å²) in [4.78, 5) is 6.37. The average molecular weight is 388 g/mol. The van der Waals surface area contributed by atoms with Gasteiger partial charge in [0, 0.05) is 38.2 Å². The highest BCUT2D eigenvalue weighted by Gasteiger charge is 2.33. The Morgan fingerprint density at radius 1 is 1.30 bits per heavy atom. The number of hydrogen-bond acceptors (Lipinski definition) is 6. The van der Waals surface area contributed by atoms with Crippen molar-refractivity contribution in [1.29, 1.82) is 5.26 Å². The van der Waals surface area contributed by atoms with Gasteiger partial charge in [-0.1, -0.05) is 6.08 Å². The van der Waals surface area contributed by atoms with Crippen molar-refractivity contribution in [2.24, 2.45) is 5.92 Å². The van der Waals surface area contributed by atoms with Crippen LogP contribution in [0.5, 0.6) is 5.75 Å². The van der Waals surface area contributed by atoms with E-state index in [0.29, 0.717) is 25.4 Å². The first-order valence-corrected chi connectivity index (χ1v) is 11.2. The van der Waals surface area contributed by atoms with Crippen LogP contribution in [0.25, 0.3) is 5.57 Å². The highest BCUT2D eigenvalue weighted by molar-refractivity contribution is 7.88. The molecule has 144 valence electrons. The fourth-order valence-corrected chi connectivity index (χ4v) is 4.93. The van der Waals surface area contributed by atoms with Gasteiger partial charge in [0.2, 0.25) is 10.0 Å². The van der Waals surface area contributed by atoms with E-state index < -0.39 is 10.0 Å². The first kappa shape index (κ1) is 18.3. The highest BCUT2D eigenvalue weighted by Crippen LogP contribution is 2.36. The summed E-state index contributed by atoms with van der Waals surface area (Å²) in [6.45, 7) is 2.53. The molecule has 7 nitrogen and oxygen atoms in total. The minimum absolute atomic E-state index is 0.166. The summed E-state index contributed by atoms with van der Waals surface area (Å²) in [6, 6.07) is 2.10. The molecule has 0 unspecified atom stereocenters. The van der Waals surface area contributed by atoms with Crippen molar-refractivity contribution < 1.29 is 13.2 Å². The van der Waals surface area contributed by atoms with E-state index in [9.17, 15) is 8.42 Å². The van der Waals surface area contributed by atoms with Crippen molar-refractivity contribution >= 4 is 15.6 Å². The second kappa shape index (κ2) is 7.13. The highest BCUT2D eigenvalue weighted by atomic mass is 32.2. The van der Waals surface area contributed by atoms with Crippen LogP contribution in [-0.2, 0) is 16.4 Å². The van der Waals surface area contributed by atoms with Gasteiger partial charge >= 0.3 is 0 Å². The molecule has 1 aromatic heterocycles. The summed E-state index contributed by atoms with van der Waals surface area (Å²) in [6.07, 6.45) is 10.9. The summed E-state index contributed by atoms with van der Waals surface area (Å²) in [7, 11) is -3.14. The maximum absolute atomic E-state index is 11.7. The van der Waals surface area contributed by atoms with E-state index in [1.54, 1.807) is 6.20 Å². The molecular weight excluding hydrogens is 364 g/mol. The molecule has 27 heavy (non-hydrogen) atoms. The third-order valence-corrected chi connectivity index (χ3v) is 7.09. The molecule has 0 bridgehead atoms. The topological polar surface area (TPSA) is 86.5 Å². The van der Waals surface area contributed by atoms with Crippen LogP contribution in [0.1, 0.15) is 30.5 Å². The molecule has 1 saturated heterocycles. The molecule has 4 rings (SSSR count). The Labute approximate surface area is 160 Å². The number of fused-ring (bicyclic) bond motifs is 1. The Kier molecular flexibility index (Phi) is 4.82. The van der Waals surface area contributed by atoms with Crippen LogP contribution in [0, 0.1) is 17.4 Å². The van der Waals surface area contributed by atoms with Crippen LogP contribution in [0.4, 0.5) is 0 Å². The second-order valence-electron chi connectivity index (χ2n) is 7.56. The Bertz CT molecular complexity index is 898. The number of nitrogens with zero attached hydrogens (tertiary/aromatic N) is 4. The predicted octanol–water partition coefficient (Wildman–Crippen LogP) is 1.63. The third-order valence-electron chi connectivity index (χ3n) is 5.82. The molecule has 1 aromatic rings. The molecule has 0 amide bonds. The van der Waals surface area contributed by atoms with Gasteiger partial charge in [0.25, 0.3) is 0 Å². The van der Waals surface area contributed by atoms with Crippen LogP contribution < -0.4 is 4.74 Å². The van der Waals surface area contributed by atoms with Gasteiger partial charge in [-0.2, -0.15) is 9.57 Å². The van der Waals surface area contributed by atoms with Gasteiger partial charge in [-0.05, 0) is 36.8 Å². The maximum Gasteiger partial charge on any atom is 0.211 e. The van der Waals surface area contributed by atoms with Gasteiger partial charge in [-0.3, -0.25) is 4.98 Å². The van der Waals surface area contributed by atoms with Crippen molar-refractivity contribution in [2.45, 2.75) is 31.8 Å². The average Bonchev–Trinajstić information content (AvgIpc) is 3.11. The van der Waals surface area contributed by atoms with E-state index in [1.807, 2.05) is 11.0 Å². The summed E-state index contributed by atoms with van der Waals surface area (Å²) < 4.78 is 30.9. The number of hydrogen-bond donors (Lipinski definition) is 0. The van der Waals surface area contributed by atoms with Gasteiger partial charge in [0.1, 0.15) is 11.9 Å². The lowest BCUT2D eigenvalue weighted by molar-refractivity contribution is 0.110. The second-order valence-corrected chi connectivity index (χ2v) is 9.54.